The van der Waals surface area contributed by atoms with Gasteiger partial charge in [0.05, 0.1) is 11.6 Å². The third-order valence-electron chi connectivity index (χ3n) is 4.84. The lowest BCUT2D eigenvalue weighted by Crippen LogP contribution is -2.32. The fraction of sp³-hybridized carbons (Fsp3) is 0.300. The highest BCUT2D eigenvalue weighted by Crippen LogP contribution is 2.29. The molecule has 1 amide bonds. The summed E-state index contributed by atoms with van der Waals surface area (Å²) in [6, 6.07) is 15.6. The molecule has 0 fully saturated rings. The lowest BCUT2D eigenvalue weighted by molar-refractivity contribution is -0.122. The molecule has 0 aliphatic heterocycles. The third-order valence-corrected chi connectivity index (χ3v) is 4.84. The van der Waals surface area contributed by atoms with Crippen molar-refractivity contribution in [3.05, 3.63) is 70.2 Å². The third kappa shape index (κ3) is 3.09. The molecule has 25 heavy (non-hydrogen) atoms. The highest BCUT2D eigenvalue weighted by molar-refractivity contribution is 5.77. The fourth-order valence-electron chi connectivity index (χ4n) is 3.61. The number of aromatic nitrogens is 1. The predicted molar refractivity (Wildman–Crippen MR) is 95.4 cm³/mol. The van der Waals surface area contributed by atoms with E-state index in [1.165, 1.54) is 15.7 Å². The van der Waals surface area contributed by atoms with Crippen LogP contribution in [-0.2, 0) is 17.8 Å². The summed E-state index contributed by atoms with van der Waals surface area (Å²) >= 11 is 0. The molecule has 3 aromatic rings. The van der Waals surface area contributed by atoms with E-state index in [1.807, 2.05) is 30.3 Å². The number of hydrogen-bond donors (Lipinski definition) is 1. The van der Waals surface area contributed by atoms with Crippen molar-refractivity contribution in [1.29, 1.82) is 0 Å². The molecule has 0 bridgehead atoms. The van der Waals surface area contributed by atoms with Gasteiger partial charge in [0, 0.05) is 13.0 Å². The number of benzene rings is 2. The monoisotopic (exact) mass is 336 g/mol. The Bertz CT molecular complexity index is 970. The van der Waals surface area contributed by atoms with Crippen LogP contribution in [0.1, 0.15) is 36.4 Å². The van der Waals surface area contributed by atoms with Gasteiger partial charge in [0.1, 0.15) is 0 Å². The SMILES string of the molecule is O=C(CCn1c(=O)oc2ccccc21)NC1CCCc2ccccc21. The van der Waals surface area contributed by atoms with Crippen molar-refractivity contribution in [3.63, 3.8) is 0 Å². The summed E-state index contributed by atoms with van der Waals surface area (Å²) in [5, 5.41) is 3.12. The normalized spacial score (nSPS) is 16.6. The van der Waals surface area contributed by atoms with Crippen LogP contribution in [-0.4, -0.2) is 10.5 Å². The van der Waals surface area contributed by atoms with Gasteiger partial charge in [0.25, 0.3) is 0 Å². The summed E-state index contributed by atoms with van der Waals surface area (Å²) in [6.07, 6.45) is 3.35. The average Bonchev–Trinajstić information content (AvgIpc) is 2.95. The summed E-state index contributed by atoms with van der Waals surface area (Å²) in [5.41, 5.74) is 3.81. The minimum absolute atomic E-state index is 0.0427. The highest BCUT2D eigenvalue weighted by Gasteiger charge is 2.21. The van der Waals surface area contributed by atoms with Gasteiger partial charge in [-0.25, -0.2) is 4.79 Å². The molecule has 1 unspecified atom stereocenters. The summed E-state index contributed by atoms with van der Waals surface area (Å²) in [4.78, 5) is 24.4. The molecule has 1 aliphatic carbocycles. The van der Waals surface area contributed by atoms with Crippen LogP contribution < -0.4 is 11.1 Å². The smallest absolute Gasteiger partial charge is 0.408 e. The van der Waals surface area contributed by atoms with Crippen molar-refractivity contribution < 1.29 is 9.21 Å². The second-order valence-electron chi connectivity index (χ2n) is 6.45. The second-order valence-corrected chi connectivity index (χ2v) is 6.45. The Balaban J connectivity index is 1.45. The minimum atomic E-state index is -0.419. The van der Waals surface area contributed by atoms with Gasteiger partial charge in [-0.3, -0.25) is 9.36 Å². The Morgan fingerprint density at radius 2 is 1.96 bits per heavy atom. The van der Waals surface area contributed by atoms with Crippen molar-refractivity contribution in [2.24, 2.45) is 0 Å². The molecule has 4 rings (SSSR count). The lowest BCUT2D eigenvalue weighted by atomic mass is 9.88. The van der Waals surface area contributed by atoms with Crippen LogP contribution in [0.3, 0.4) is 0 Å². The van der Waals surface area contributed by atoms with Crippen molar-refractivity contribution in [2.45, 2.75) is 38.3 Å². The van der Waals surface area contributed by atoms with E-state index in [1.54, 1.807) is 6.07 Å². The molecule has 1 atom stereocenters. The molecule has 0 saturated heterocycles. The standard InChI is InChI=1S/C20H20N2O3/c23-19(21-16-9-5-7-14-6-1-2-8-15(14)16)12-13-22-17-10-3-4-11-18(17)25-20(22)24/h1-4,6,8,10-11,16H,5,7,9,12-13H2,(H,21,23). The van der Waals surface area contributed by atoms with Crippen LogP contribution in [0.15, 0.2) is 57.7 Å². The Kier molecular flexibility index (Phi) is 4.14. The summed E-state index contributed by atoms with van der Waals surface area (Å²) in [5.74, 6) is -0.462. The first kappa shape index (κ1) is 15.7. The first-order valence-electron chi connectivity index (χ1n) is 8.68. The van der Waals surface area contributed by atoms with Gasteiger partial charge in [-0.05, 0) is 42.5 Å². The number of carbonyl (C=O) groups is 1. The van der Waals surface area contributed by atoms with Crippen LogP contribution in [0, 0.1) is 0 Å². The van der Waals surface area contributed by atoms with Crippen molar-refractivity contribution in [3.8, 4) is 0 Å². The van der Waals surface area contributed by atoms with Crippen molar-refractivity contribution in [1.82, 2.24) is 9.88 Å². The van der Waals surface area contributed by atoms with Gasteiger partial charge in [-0.1, -0.05) is 36.4 Å². The van der Waals surface area contributed by atoms with Gasteiger partial charge in [0.15, 0.2) is 5.58 Å². The van der Waals surface area contributed by atoms with E-state index in [9.17, 15) is 9.59 Å². The van der Waals surface area contributed by atoms with Crippen LogP contribution in [0.2, 0.25) is 0 Å². The molecule has 2 aromatic carbocycles. The van der Waals surface area contributed by atoms with E-state index in [0.717, 1.165) is 24.8 Å². The number of hydrogen-bond acceptors (Lipinski definition) is 3. The van der Waals surface area contributed by atoms with Crippen LogP contribution in [0.25, 0.3) is 11.1 Å². The topological polar surface area (TPSA) is 64.2 Å². The minimum Gasteiger partial charge on any atom is -0.408 e. The summed E-state index contributed by atoms with van der Waals surface area (Å²) < 4.78 is 6.72. The number of carbonyl (C=O) groups excluding carboxylic acids is 1. The van der Waals surface area contributed by atoms with E-state index in [0.29, 0.717) is 12.1 Å². The number of rotatable bonds is 4. The first-order valence-corrected chi connectivity index (χ1v) is 8.68. The van der Waals surface area contributed by atoms with Gasteiger partial charge in [-0.2, -0.15) is 0 Å². The molecule has 1 N–H and O–H groups in total. The maximum Gasteiger partial charge on any atom is 0.419 e. The number of amides is 1. The number of nitrogens with zero attached hydrogens (tertiary/aromatic N) is 1. The fourth-order valence-corrected chi connectivity index (χ4v) is 3.61. The van der Waals surface area contributed by atoms with Crippen molar-refractivity contribution >= 4 is 17.0 Å². The van der Waals surface area contributed by atoms with Gasteiger partial charge < -0.3 is 9.73 Å². The molecule has 1 heterocycles. The van der Waals surface area contributed by atoms with Crippen LogP contribution in [0.5, 0.6) is 0 Å². The Morgan fingerprint density at radius 3 is 2.88 bits per heavy atom. The van der Waals surface area contributed by atoms with Gasteiger partial charge in [0.2, 0.25) is 5.91 Å². The van der Waals surface area contributed by atoms with E-state index < -0.39 is 5.76 Å². The van der Waals surface area contributed by atoms with E-state index in [2.05, 4.69) is 17.4 Å². The molecule has 5 heteroatoms. The van der Waals surface area contributed by atoms with E-state index >= 15 is 0 Å². The largest absolute Gasteiger partial charge is 0.419 e. The Morgan fingerprint density at radius 1 is 1.16 bits per heavy atom. The molecule has 1 aromatic heterocycles. The van der Waals surface area contributed by atoms with E-state index in [-0.39, 0.29) is 18.4 Å². The molecular formula is C20H20N2O3. The number of para-hydroxylation sites is 2. The van der Waals surface area contributed by atoms with Gasteiger partial charge in [-0.15, -0.1) is 0 Å². The summed E-state index contributed by atoms with van der Waals surface area (Å²) in [6.45, 7) is 0.316. The lowest BCUT2D eigenvalue weighted by Gasteiger charge is -2.26. The molecular weight excluding hydrogens is 316 g/mol. The Labute approximate surface area is 145 Å². The number of nitrogens with one attached hydrogen (secondary N) is 1. The molecule has 0 saturated carbocycles. The molecule has 128 valence electrons. The maximum atomic E-state index is 12.4. The van der Waals surface area contributed by atoms with Crippen LogP contribution >= 0.6 is 0 Å². The zero-order valence-electron chi connectivity index (χ0n) is 13.9. The van der Waals surface area contributed by atoms with Gasteiger partial charge >= 0.3 is 5.76 Å². The molecule has 0 radical (unpaired) electrons. The average molecular weight is 336 g/mol. The second kappa shape index (κ2) is 6.59. The zero-order valence-corrected chi connectivity index (χ0v) is 13.9. The maximum absolute atomic E-state index is 12.4. The molecule has 5 nitrogen and oxygen atoms in total. The molecule has 0 spiro atoms. The zero-order chi connectivity index (χ0) is 17.2. The predicted octanol–water partition coefficient (Wildman–Crippen LogP) is 3.18. The summed E-state index contributed by atoms with van der Waals surface area (Å²) in [7, 11) is 0. The number of oxazole rings is 1. The molecule has 1 aliphatic rings. The Hall–Kier alpha value is -2.82. The van der Waals surface area contributed by atoms with Crippen molar-refractivity contribution in [2.75, 3.05) is 0 Å². The first-order chi connectivity index (χ1) is 12.2. The van der Waals surface area contributed by atoms with E-state index in [4.69, 9.17) is 4.42 Å². The highest BCUT2D eigenvalue weighted by atomic mass is 16.4. The van der Waals surface area contributed by atoms with Crippen LogP contribution in [0.4, 0.5) is 0 Å². The number of fused-ring (bicyclic) bond motifs is 2. The number of aryl methyl sites for hydroxylation is 2. The quantitative estimate of drug-likeness (QED) is 0.796.